The number of hydrogen-bond acceptors (Lipinski definition) is 3. The summed E-state index contributed by atoms with van der Waals surface area (Å²) in [7, 11) is 0. The first-order valence-electron chi connectivity index (χ1n) is 9.72. The molecule has 0 bridgehead atoms. The predicted molar refractivity (Wildman–Crippen MR) is 126 cm³/mol. The Bertz CT molecular complexity index is 1180. The average Bonchev–Trinajstić information content (AvgIpc) is 2.72. The molecule has 0 aliphatic heterocycles. The third-order valence-electron chi connectivity index (χ3n) is 4.76. The fourth-order valence-corrected chi connectivity index (χ4v) is 3.27. The fourth-order valence-electron chi connectivity index (χ4n) is 2.96. The van der Waals surface area contributed by atoms with E-state index in [1.807, 2.05) is 12.1 Å². The van der Waals surface area contributed by atoms with Crippen molar-refractivity contribution in [3.05, 3.63) is 103 Å². The number of hydrogen-bond donors (Lipinski definition) is 1. The molecule has 0 aliphatic carbocycles. The molecule has 1 heterocycles. The van der Waals surface area contributed by atoms with Gasteiger partial charge in [-0.25, -0.2) is 5.43 Å². The van der Waals surface area contributed by atoms with Crippen molar-refractivity contribution in [3.8, 4) is 0 Å². The third kappa shape index (κ3) is 5.84. The number of carbonyl (C=O) groups excluding carboxylic acids is 1. The van der Waals surface area contributed by atoms with Gasteiger partial charge in [0.2, 0.25) is 0 Å². The van der Waals surface area contributed by atoms with Gasteiger partial charge in [0.15, 0.2) is 0 Å². The van der Waals surface area contributed by atoms with E-state index in [1.165, 1.54) is 22.4 Å². The molecule has 31 heavy (non-hydrogen) atoms. The number of pyridine rings is 1. The van der Waals surface area contributed by atoms with E-state index in [0.29, 0.717) is 22.2 Å². The summed E-state index contributed by atoms with van der Waals surface area (Å²) in [4.78, 5) is 25.2. The summed E-state index contributed by atoms with van der Waals surface area (Å²) in [5.41, 5.74) is 4.93. The summed E-state index contributed by atoms with van der Waals surface area (Å²) >= 11 is 11.8. The van der Waals surface area contributed by atoms with Crippen LogP contribution in [0.15, 0.2) is 70.7 Å². The van der Waals surface area contributed by atoms with Crippen LogP contribution >= 0.6 is 23.2 Å². The van der Waals surface area contributed by atoms with E-state index in [-0.39, 0.29) is 16.5 Å². The molecule has 0 saturated heterocycles. The topological polar surface area (TPSA) is 63.5 Å². The number of amides is 1. The van der Waals surface area contributed by atoms with E-state index >= 15 is 0 Å². The maximum absolute atomic E-state index is 12.8. The summed E-state index contributed by atoms with van der Waals surface area (Å²) in [6.07, 6.45) is 3.09. The van der Waals surface area contributed by atoms with Crippen LogP contribution in [-0.4, -0.2) is 16.7 Å². The molecule has 7 heteroatoms. The van der Waals surface area contributed by atoms with Crippen LogP contribution < -0.4 is 11.0 Å². The first-order chi connectivity index (χ1) is 14.6. The van der Waals surface area contributed by atoms with Crippen molar-refractivity contribution >= 4 is 35.3 Å². The Hall–Kier alpha value is -2.89. The number of nitrogens with one attached hydrogen (secondary N) is 1. The van der Waals surface area contributed by atoms with Gasteiger partial charge in [-0.15, -0.1) is 0 Å². The van der Waals surface area contributed by atoms with Gasteiger partial charge in [-0.3, -0.25) is 9.59 Å². The molecule has 1 aromatic heterocycles. The second-order valence-electron chi connectivity index (χ2n) is 8.17. The quantitative estimate of drug-likeness (QED) is 0.420. The van der Waals surface area contributed by atoms with E-state index in [1.54, 1.807) is 30.5 Å². The van der Waals surface area contributed by atoms with Crippen LogP contribution in [0, 0.1) is 0 Å². The zero-order valence-electron chi connectivity index (χ0n) is 17.5. The van der Waals surface area contributed by atoms with Crippen LogP contribution in [0.4, 0.5) is 0 Å². The predicted octanol–water partition coefficient (Wildman–Crippen LogP) is 5.26. The maximum Gasteiger partial charge on any atom is 0.276 e. The third-order valence-corrected chi connectivity index (χ3v) is 5.50. The highest BCUT2D eigenvalue weighted by atomic mass is 35.5. The number of nitrogens with zero attached hydrogens (tertiary/aromatic N) is 2. The van der Waals surface area contributed by atoms with Crippen LogP contribution in [0.25, 0.3) is 0 Å². The normalized spacial score (nSPS) is 11.6. The molecule has 0 radical (unpaired) electrons. The van der Waals surface area contributed by atoms with Gasteiger partial charge in [0, 0.05) is 6.20 Å². The highest BCUT2D eigenvalue weighted by Gasteiger charge is 2.14. The lowest BCUT2D eigenvalue weighted by molar-refractivity contribution is 0.0953. The minimum absolute atomic E-state index is 0.0140. The Balaban J connectivity index is 1.72. The molecule has 0 aliphatic rings. The Labute approximate surface area is 191 Å². The van der Waals surface area contributed by atoms with Gasteiger partial charge in [0.05, 0.1) is 22.8 Å². The monoisotopic (exact) mass is 455 g/mol. The smallest absolute Gasteiger partial charge is 0.276 e. The number of carbonyl (C=O) groups is 1. The first-order valence-corrected chi connectivity index (χ1v) is 10.5. The number of rotatable bonds is 5. The fraction of sp³-hybridized carbons (Fsp3) is 0.208. The summed E-state index contributed by atoms with van der Waals surface area (Å²) in [6.45, 7) is 6.83. The molecule has 3 aromatic rings. The average molecular weight is 456 g/mol. The molecule has 0 unspecified atom stereocenters. The second-order valence-corrected chi connectivity index (χ2v) is 8.99. The zero-order valence-corrected chi connectivity index (χ0v) is 19.0. The van der Waals surface area contributed by atoms with Crippen molar-refractivity contribution < 1.29 is 4.79 Å². The molecule has 0 fully saturated rings. The molecule has 0 saturated carbocycles. The van der Waals surface area contributed by atoms with E-state index in [4.69, 9.17) is 23.2 Å². The highest BCUT2D eigenvalue weighted by molar-refractivity contribution is 6.42. The lowest BCUT2D eigenvalue weighted by Crippen LogP contribution is -2.30. The molecule has 1 amide bonds. The van der Waals surface area contributed by atoms with E-state index in [0.717, 1.165) is 5.56 Å². The Morgan fingerprint density at radius 2 is 1.77 bits per heavy atom. The molecule has 0 spiro atoms. The largest absolute Gasteiger partial charge is 0.310 e. The molecule has 1 N–H and O–H groups in total. The summed E-state index contributed by atoms with van der Waals surface area (Å²) in [5.74, 6) is -0.584. The van der Waals surface area contributed by atoms with Crippen molar-refractivity contribution in [1.82, 2.24) is 9.99 Å². The summed E-state index contributed by atoms with van der Waals surface area (Å²) in [5, 5.41) is 4.72. The van der Waals surface area contributed by atoms with E-state index in [2.05, 4.69) is 43.4 Å². The van der Waals surface area contributed by atoms with Crippen LogP contribution in [0.2, 0.25) is 10.0 Å². The molecule has 160 valence electrons. The van der Waals surface area contributed by atoms with Crippen LogP contribution in [0.3, 0.4) is 0 Å². The summed E-state index contributed by atoms with van der Waals surface area (Å²) < 4.78 is 1.50. The van der Waals surface area contributed by atoms with Crippen molar-refractivity contribution in [2.45, 2.75) is 32.7 Å². The van der Waals surface area contributed by atoms with Crippen LogP contribution in [-0.2, 0) is 12.0 Å². The molecule has 5 nitrogen and oxygen atoms in total. The van der Waals surface area contributed by atoms with Crippen molar-refractivity contribution in [1.29, 1.82) is 0 Å². The number of halogens is 2. The second kappa shape index (κ2) is 9.50. The summed E-state index contributed by atoms with van der Waals surface area (Å²) in [6, 6.07) is 16.3. The minimum atomic E-state index is -0.584. The molecule has 2 aromatic carbocycles. The molecular weight excluding hydrogens is 433 g/mol. The Morgan fingerprint density at radius 3 is 2.42 bits per heavy atom. The molecule has 0 atom stereocenters. The van der Waals surface area contributed by atoms with Crippen LogP contribution in [0.1, 0.15) is 47.8 Å². The maximum atomic E-state index is 12.8. The van der Waals surface area contributed by atoms with Gasteiger partial charge in [-0.1, -0.05) is 74.3 Å². The SMILES string of the molecule is CC(C)(C)c1ccc(Cn2cccc(C(=O)N/N=C\c3ccc(Cl)c(Cl)c3)c2=O)cc1. The molecule has 3 rings (SSSR count). The molecular formula is C24H23Cl2N3O2. The van der Waals surface area contributed by atoms with Crippen molar-refractivity contribution in [2.75, 3.05) is 0 Å². The van der Waals surface area contributed by atoms with E-state index < -0.39 is 5.91 Å². The number of hydrazone groups is 1. The first kappa shape index (κ1) is 22.8. The van der Waals surface area contributed by atoms with Crippen molar-refractivity contribution in [3.63, 3.8) is 0 Å². The van der Waals surface area contributed by atoms with Gasteiger partial charge in [-0.2, -0.15) is 5.10 Å². The number of aromatic nitrogens is 1. The number of benzene rings is 2. The van der Waals surface area contributed by atoms with Gasteiger partial charge >= 0.3 is 0 Å². The van der Waals surface area contributed by atoms with Gasteiger partial charge in [0.25, 0.3) is 11.5 Å². The van der Waals surface area contributed by atoms with E-state index in [9.17, 15) is 9.59 Å². The van der Waals surface area contributed by atoms with Crippen LogP contribution in [0.5, 0.6) is 0 Å². The lowest BCUT2D eigenvalue weighted by Gasteiger charge is -2.19. The highest BCUT2D eigenvalue weighted by Crippen LogP contribution is 2.23. The van der Waals surface area contributed by atoms with Gasteiger partial charge in [-0.05, 0) is 46.4 Å². The Morgan fingerprint density at radius 1 is 1.06 bits per heavy atom. The van der Waals surface area contributed by atoms with Crippen molar-refractivity contribution in [2.24, 2.45) is 5.10 Å². The minimum Gasteiger partial charge on any atom is -0.310 e. The standard InChI is InChI=1S/C24H23Cl2N3O2/c1-24(2,3)18-9-6-16(7-10-18)15-29-12-4-5-19(23(29)31)22(30)28-27-14-17-8-11-20(25)21(26)13-17/h4-14H,15H2,1-3H3,(H,28,30)/b27-14-. The zero-order chi connectivity index (χ0) is 22.6. The van der Waals surface area contributed by atoms with Gasteiger partial charge in [0.1, 0.15) is 5.56 Å². The van der Waals surface area contributed by atoms with Gasteiger partial charge < -0.3 is 4.57 Å². The Kier molecular flexibility index (Phi) is 6.98. The lowest BCUT2D eigenvalue weighted by atomic mass is 9.87.